The van der Waals surface area contributed by atoms with Crippen molar-refractivity contribution in [3.05, 3.63) is 12.2 Å². The van der Waals surface area contributed by atoms with E-state index < -0.39 is 0 Å². The van der Waals surface area contributed by atoms with Crippen LogP contribution in [0.25, 0.3) is 0 Å². The summed E-state index contributed by atoms with van der Waals surface area (Å²) in [6, 6.07) is 0. The average molecular weight is 329 g/mol. The van der Waals surface area contributed by atoms with Crippen LogP contribution in [0.1, 0.15) is 91.9 Å². The maximum atomic E-state index is 2.71. The van der Waals surface area contributed by atoms with E-state index in [1.165, 1.54) is 32.1 Å². The lowest BCUT2D eigenvalue weighted by atomic mass is 9.44. The van der Waals surface area contributed by atoms with E-state index in [0.29, 0.717) is 10.8 Å². The van der Waals surface area contributed by atoms with E-state index in [0.717, 1.165) is 35.5 Å². The predicted molar refractivity (Wildman–Crippen MR) is 104 cm³/mol. The van der Waals surface area contributed by atoms with Crippen molar-refractivity contribution >= 4 is 0 Å². The topological polar surface area (TPSA) is 0 Å². The van der Waals surface area contributed by atoms with Gasteiger partial charge in [-0.3, -0.25) is 0 Å². The smallest absolute Gasteiger partial charge is 0.0228 e. The van der Waals surface area contributed by atoms with E-state index >= 15 is 0 Å². The van der Waals surface area contributed by atoms with Gasteiger partial charge in [0.25, 0.3) is 0 Å². The molecule has 4 saturated carbocycles. The van der Waals surface area contributed by atoms with Crippen LogP contribution in [0.2, 0.25) is 0 Å². The van der Waals surface area contributed by atoms with Crippen LogP contribution in [0.15, 0.2) is 12.2 Å². The summed E-state index contributed by atoms with van der Waals surface area (Å²) < 4.78 is 0. The van der Waals surface area contributed by atoms with Gasteiger partial charge in [0, 0.05) is 0 Å². The number of fused-ring (bicyclic) bond motifs is 5. The van der Waals surface area contributed by atoms with Gasteiger partial charge in [0.05, 0.1) is 0 Å². The van der Waals surface area contributed by atoms with Crippen LogP contribution in [0.3, 0.4) is 0 Å². The highest BCUT2D eigenvalue weighted by atomic mass is 14.6. The Hall–Kier alpha value is -0.260. The second kappa shape index (κ2) is 6.17. The molecular formula is C24H40. The fourth-order valence-corrected chi connectivity index (χ4v) is 8.64. The summed E-state index contributed by atoms with van der Waals surface area (Å²) >= 11 is 0. The molecule has 4 aliphatic carbocycles. The first-order chi connectivity index (χ1) is 11.5. The van der Waals surface area contributed by atoms with E-state index in [4.69, 9.17) is 0 Å². The molecule has 0 spiro atoms. The van der Waals surface area contributed by atoms with Crippen molar-refractivity contribution in [2.24, 2.45) is 46.3 Å². The van der Waals surface area contributed by atoms with Gasteiger partial charge in [-0.2, -0.15) is 0 Å². The molecule has 0 aromatic rings. The highest BCUT2D eigenvalue weighted by molar-refractivity contribution is 5.10. The third-order valence-corrected chi connectivity index (χ3v) is 9.79. The van der Waals surface area contributed by atoms with Gasteiger partial charge >= 0.3 is 0 Å². The SMILES string of the molecule is CC=C[C@@H](C)[C@H]1CC[C@H]2[C@@H]3CCC4CCCC[C@]4(C)[C@H]3CC[C@]12C. The molecule has 8 atom stereocenters. The van der Waals surface area contributed by atoms with E-state index in [1.54, 1.807) is 32.1 Å². The molecule has 0 radical (unpaired) electrons. The molecule has 0 amide bonds. The molecule has 4 aliphatic rings. The number of hydrogen-bond donors (Lipinski definition) is 0. The lowest BCUT2D eigenvalue weighted by Crippen LogP contribution is -2.53. The van der Waals surface area contributed by atoms with Gasteiger partial charge in [-0.05, 0) is 105 Å². The Morgan fingerprint density at radius 2 is 1.62 bits per heavy atom. The molecule has 0 aliphatic heterocycles. The molecule has 0 saturated heterocycles. The molecule has 1 unspecified atom stereocenters. The molecule has 0 aromatic heterocycles. The molecule has 0 aromatic carbocycles. The molecule has 0 bridgehead atoms. The van der Waals surface area contributed by atoms with Crippen molar-refractivity contribution in [2.45, 2.75) is 91.9 Å². The van der Waals surface area contributed by atoms with Crippen LogP contribution < -0.4 is 0 Å². The molecule has 24 heavy (non-hydrogen) atoms. The normalized spacial score (nSPS) is 52.6. The van der Waals surface area contributed by atoms with Crippen LogP contribution in [0.4, 0.5) is 0 Å². The van der Waals surface area contributed by atoms with Crippen molar-refractivity contribution in [3.8, 4) is 0 Å². The number of rotatable bonds is 2. The molecule has 0 heteroatoms. The Morgan fingerprint density at radius 1 is 0.833 bits per heavy atom. The number of hydrogen-bond acceptors (Lipinski definition) is 0. The third kappa shape index (κ3) is 2.38. The summed E-state index contributed by atoms with van der Waals surface area (Å²) in [5, 5.41) is 0. The minimum atomic E-state index is 0.637. The third-order valence-electron chi connectivity index (χ3n) is 9.79. The summed E-state index contributed by atoms with van der Waals surface area (Å²) in [6.07, 6.45) is 20.1. The highest BCUT2D eigenvalue weighted by Gasteiger charge is 2.59. The summed E-state index contributed by atoms with van der Waals surface area (Å²) in [7, 11) is 0. The largest absolute Gasteiger partial charge is 0.0914 e. The molecular weight excluding hydrogens is 288 g/mol. The van der Waals surface area contributed by atoms with E-state index in [9.17, 15) is 0 Å². The first kappa shape index (κ1) is 17.2. The second-order valence-electron chi connectivity index (χ2n) is 10.5. The minimum absolute atomic E-state index is 0.637. The zero-order valence-corrected chi connectivity index (χ0v) is 16.7. The summed E-state index contributed by atoms with van der Waals surface area (Å²) in [6.45, 7) is 10.1. The molecule has 0 heterocycles. The maximum absolute atomic E-state index is 2.71. The van der Waals surface area contributed by atoms with Gasteiger partial charge in [0.1, 0.15) is 0 Å². The Morgan fingerprint density at radius 3 is 2.42 bits per heavy atom. The van der Waals surface area contributed by atoms with E-state index in [2.05, 4.69) is 39.8 Å². The Kier molecular flexibility index (Phi) is 4.41. The number of allylic oxidation sites excluding steroid dienone is 2. The van der Waals surface area contributed by atoms with Crippen LogP contribution in [0.5, 0.6) is 0 Å². The predicted octanol–water partition coefficient (Wildman–Crippen LogP) is 7.25. The fourth-order valence-electron chi connectivity index (χ4n) is 8.64. The van der Waals surface area contributed by atoms with Crippen molar-refractivity contribution < 1.29 is 0 Å². The van der Waals surface area contributed by atoms with Crippen molar-refractivity contribution in [3.63, 3.8) is 0 Å². The Labute approximate surface area is 150 Å². The van der Waals surface area contributed by atoms with Crippen molar-refractivity contribution in [2.75, 3.05) is 0 Å². The molecule has 0 nitrogen and oxygen atoms in total. The first-order valence-corrected chi connectivity index (χ1v) is 11.1. The van der Waals surface area contributed by atoms with Gasteiger partial charge in [-0.25, -0.2) is 0 Å². The van der Waals surface area contributed by atoms with Gasteiger partial charge in [0.2, 0.25) is 0 Å². The van der Waals surface area contributed by atoms with Gasteiger partial charge in [-0.15, -0.1) is 0 Å². The summed E-state index contributed by atoms with van der Waals surface area (Å²) in [4.78, 5) is 0. The highest BCUT2D eigenvalue weighted by Crippen LogP contribution is 2.68. The maximum Gasteiger partial charge on any atom is -0.0228 e. The lowest BCUT2D eigenvalue weighted by Gasteiger charge is -2.60. The summed E-state index contributed by atoms with van der Waals surface area (Å²) in [5.74, 6) is 5.95. The monoisotopic (exact) mass is 328 g/mol. The molecule has 4 fully saturated rings. The second-order valence-corrected chi connectivity index (χ2v) is 10.5. The van der Waals surface area contributed by atoms with Crippen LogP contribution in [0, 0.1) is 46.3 Å². The lowest BCUT2D eigenvalue weighted by molar-refractivity contribution is -0.112. The molecule has 0 N–H and O–H groups in total. The van der Waals surface area contributed by atoms with E-state index in [1.807, 2.05) is 0 Å². The zero-order valence-electron chi connectivity index (χ0n) is 16.7. The van der Waals surface area contributed by atoms with Gasteiger partial charge < -0.3 is 0 Å². The van der Waals surface area contributed by atoms with Crippen molar-refractivity contribution in [1.29, 1.82) is 0 Å². The minimum Gasteiger partial charge on any atom is -0.0914 e. The first-order valence-electron chi connectivity index (χ1n) is 11.1. The fraction of sp³-hybridized carbons (Fsp3) is 0.917. The molecule has 4 rings (SSSR count). The van der Waals surface area contributed by atoms with Crippen LogP contribution in [-0.2, 0) is 0 Å². The zero-order chi connectivity index (χ0) is 16.9. The quantitative estimate of drug-likeness (QED) is 0.468. The van der Waals surface area contributed by atoms with Crippen LogP contribution in [-0.4, -0.2) is 0 Å². The standard InChI is InChI=1S/C24H40/c1-5-8-17(2)20-12-13-21-19-11-10-18-9-6-7-15-23(18,3)22(19)14-16-24(20,21)4/h5,8,17-22H,6-7,9-16H2,1-4H3/t17-,18?,19+,20-,21+,22+,23+,24-/m1/s1. The van der Waals surface area contributed by atoms with Gasteiger partial charge in [-0.1, -0.05) is 45.8 Å². The van der Waals surface area contributed by atoms with E-state index in [-0.39, 0.29) is 0 Å². The van der Waals surface area contributed by atoms with Crippen LogP contribution >= 0.6 is 0 Å². The Balaban J connectivity index is 1.59. The van der Waals surface area contributed by atoms with Crippen molar-refractivity contribution in [1.82, 2.24) is 0 Å². The molecule has 136 valence electrons. The Bertz CT molecular complexity index is 490. The van der Waals surface area contributed by atoms with Gasteiger partial charge in [0.15, 0.2) is 0 Å². The average Bonchev–Trinajstić information content (AvgIpc) is 2.92. The summed E-state index contributed by atoms with van der Waals surface area (Å²) in [5.41, 5.74) is 1.34.